The second-order valence-electron chi connectivity index (χ2n) is 5.28. The Morgan fingerprint density at radius 1 is 1.04 bits per heavy atom. The van der Waals surface area contributed by atoms with Gasteiger partial charge in [0.05, 0.1) is 5.02 Å². The molecule has 118 valence electrons. The summed E-state index contributed by atoms with van der Waals surface area (Å²) in [5, 5.41) is 0.390. The molecule has 0 bridgehead atoms. The van der Waals surface area contributed by atoms with Crippen LogP contribution in [0.5, 0.6) is 5.75 Å². The molecule has 0 aliphatic rings. The van der Waals surface area contributed by atoms with E-state index in [9.17, 15) is 9.59 Å². The highest BCUT2D eigenvalue weighted by molar-refractivity contribution is 6.33. The Kier molecular flexibility index (Phi) is 5.02. The molecule has 0 aliphatic carbocycles. The normalized spacial score (nSPS) is 10.3. The predicted octanol–water partition coefficient (Wildman–Crippen LogP) is 5.10. The molecule has 2 aromatic rings. The molecule has 0 N–H and O–H groups in total. The van der Waals surface area contributed by atoms with E-state index in [1.807, 2.05) is 6.92 Å². The minimum atomic E-state index is -0.124. The van der Waals surface area contributed by atoms with E-state index in [1.54, 1.807) is 36.4 Å². The van der Waals surface area contributed by atoms with Crippen LogP contribution in [0, 0.1) is 6.92 Å². The Bertz CT molecular complexity index is 806. The molecule has 0 amide bonds. The minimum Gasteiger partial charge on any atom is -0.457 e. The molecule has 0 unspecified atom stereocenters. The third-order valence-electron chi connectivity index (χ3n) is 3.50. The van der Waals surface area contributed by atoms with Gasteiger partial charge in [0, 0.05) is 16.7 Å². The summed E-state index contributed by atoms with van der Waals surface area (Å²) in [5.74, 6) is 0.570. The summed E-state index contributed by atoms with van der Waals surface area (Å²) in [6.45, 7) is 8.70. The van der Waals surface area contributed by atoms with Crippen LogP contribution in [0.2, 0.25) is 5.02 Å². The molecule has 23 heavy (non-hydrogen) atoms. The smallest absolute Gasteiger partial charge is 0.160 e. The van der Waals surface area contributed by atoms with Crippen LogP contribution < -0.4 is 4.74 Å². The average molecular weight is 329 g/mol. The van der Waals surface area contributed by atoms with Gasteiger partial charge in [-0.15, -0.1) is 0 Å². The summed E-state index contributed by atoms with van der Waals surface area (Å²) in [5.41, 5.74) is 2.37. The summed E-state index contributed by atoms with van der Waals surface area (Å²) >= 11 is 6.19. The molecular weight excluding hydrogens is 312 g/mol. The fourth-order valence-corrected chi connectivity index (χ4v) is 2.62. The van der Waals surface area contributed by atoms with Crippen LogP contribution in [-0.4, -0.2) is 11.6 Å². The fourth-order valence-electron chi connectivity index (χ4n) is 2.34. The molecule has 0 fully saturated rings. The van der Waals surface area contributed by atoms with Crippen molar-refractivity contribution in [2.75, 3.05) is 0 Å². The Morgan fingerprint density at radius 3 is 2.30 bits per heavy atom. The van der Waals surface area contributed by atoms with E-state index < -0.39 is 0 Å². The third kappa shape index (κ3) is 3.69. The lowest BCUT2D eigenvalue weighted by molar-refractivity contribution is 0.100. The molecule has 0 spiro atoms. The highest BCUT2D eigenvalue weighted by Crippen LogP contribution is 2.30. The topological polar surface area (TPSA) is 43.4 Å². The van der Waals surface area contributed by atoms with Gasteiger partial charge in [-0.1, -0.05) is 36.4 Å². The quantitative estimate of drug-likeness (QED) is 0.566. The maximum absolute atomic E-state index is 11.8. The molecule has 0 heterocycles. The maximum atomic E-state index is 11.8. The maximum Gasteiger partial charge on any atom is 0.160 e. The van der Waals surface area contributed by atoms with Gasteiger partial charge in [-0.3, -0.25) is 9.59 Å². The van der Waals surface area contributed by atoms with E-state index in [4.69, 9.17) is 16.3 Å². The van der Waals surface area contributed by atoms with Crippen LogP contribution in [0.15, 0.2) is 43.0 Å². The predicted molar refractivity (Wildman–Crippen MR) is 92.3 cm³/mol. The lowest BCUT2D eigenvalue weighted by atomic mass is 10.0. The van der Waals surface area contributed by atoms with Crippen molar-refractivity contribution in [3.05, 3.63) is 70.3 Å². The number of aryl methyl sites for hydroxylation is 1. The summed E-state index contributed by atoms with van der Waals surface area (Å²) in [6.07, 6.45) is 0. The number of benzene rings is 2. The summed E-state index contributed by atoms with van der Waals surface area (Å²) in [6, 6.07) is 10.3. The molecule has 3 nitrogen and oxygen atoms in total. The monoisotopic (exact) mass is 328 g/mol. The van der Waals surface area contributed by atoms with Crippen LogP contribution in [-0.2, 0) is 0 Å². The van der Waals surface area contributed by atoms with Gasteiger partial charge in [-0.2, -0.15) is 0 Å². The third-order valence-corrected chi connectivity index (χ3v) is 3.82. The molecular formula is C19H17ClO3. The first-order valence-corrected chi connectivity index (χ1v) is 7.47. The zero-order valence-corrected chi connectivity index (χ0v) is 14.0. The van der Waals surface area contributed by atoms with Crippen LogP contribution in [0.1, 0.15) is 45.7 Å². The number of hydrogen-bond acceptors (Lipinski definition) is 3. The molecule has 0 atom stereocenters. The summed E-state index contributed by atoms with van der Waals surface area (Å²) in [4.78, 5) is 23.4. The van der Waals surface area contributed by atoms with E-state index in [-0.39, 0.29) is 17.3 Å². The number of hydrogen-bond donors (Lipinski definition) is 0. The number of ketones is 2. The molecule has 0 saturated heterocycles. The van der Waals surface area contributed by atoms with E-state index in [0.29, 0.717) is 27.5 Å². The Hall–Kier alpha value is -2.39. The number of carbonyl (C=O) groups excluding carboxylic acids is 2. The Balaban J connectivity index is 2.39. The van der Waals surface area contributed by atoms with Crippen LogP contribution in [0.25, 0.3) is 5.76 Å². The average Bonchev–Trinajstić information content (AvgIpc) is 2.48. The zero-order valence-electron chi connectivity index (χ0n) is 13.3. The number of carbonyl (C=O) groups is 2. The van der Waals surface area contributed by atoms with Crippen LogP contribution >= 0.6 is 11.6 Å². The van der Waals surface area contributed by atoms with Gasteiger partial charge in [0.2, 0.25) is 0 Å². The van der Waals surface area contributed by atoms with Gasteiger partial charge in [-0.25, -0.2) is 0 Å². The summed E-state index contributed by atoms with van der Waals surface area (Å²) in [7, 11) is 0. The van der Waals surface area contributed by atoms with Crippen molar-refractivity contribution in [2.24, 2.45) is 0 Å². The van der Waals surface area contributed by atoms with Crippen molar-refractivity contribution < 1.29 is 14.3 Å². The van der Waals surface area contributed by atoms with Gasteiger partial charge in [-0.05, 0) is 44.5 Å². The van der Waals surface area contributed by atoms with Crippen LogP contribution in [0.3, 0.4) is 0 Å². The lowest BCUT2D eigenvalue weighted by Crippen LogP contribution is -2.04. The largest absolute Gasteiger partial charge is 0.457 e. The second kappa shape index (κ2) is 6.80. The van der Waals surface area contributed by atoms with Gasteiger partial charge in [0.1, 0.15) is 11.5 Å². The van der Waals surface area contributed by atoms with E-state index in [1.165, 1.54) is 13.8 Å². The van der Waals surface area contributed by atoms with Crippen molar-refractivity contribution in [3.8, 4) is 5.75 Å². The molecule has 2 rings (SSSR count). The van der Waals surface area contributed by atoms with Crippen molar-refractivity contribution in [2.45, 2.75) is 20.8 Å². The molecule has 0 aliphatic heterocycles. The van der Waals surface area contributed by atoms with Crippen molar-refractivity contribution in [3.63, 3.8) is 0 Å². The Labute approximate surface area is 140 Å². The second-order valence-corrected chi connectivity index (χ2v) is 5.68. The first kappa shape index (κ1) is 17.0. The number of halogens is 1. The first-order chi connectivity index (χ1) is 10.8. The van der Waals surface area contributed by atoms with E-state index in [0.717, 1.165) is 5.56 Å². The summed E-state index contributed by atoms with van der Waals surface area (Å²) < 4.78 is 5.73. The molecule has 4 heteroatoms. The fraction of sp³-hybridized carbons (Fsp3) is 0.158. The van der Waals surface area contributed by atoms with Gasteiger partial charge in [0.25, 0.3) is 0 Å². The zero-order chi connectivity index (χ0) is 17.1. The highest BCUT2D eigenvalue weighted by Gasteiger charge is 2.16. The van der Waals surface area contributed by atoms with Gasteiger partial charge >= 0.3 is 0 Å². The highest BCUT2D eigenvalue weighted by atomic mass is 35.5. The van der Waals surface area contributed by atoms with Crippen molar-refractivity contribution in [1.29, 1.82) is 0 Å². The first-order valence-electron chi connectivity index (χ1n) is 7.09. The SMILES string of the molecule is C=C(Oc1ccc(C)c(C(C)=O)c1)c1c(Cl)cccc1C(C)=O. The van der Waals surface area contributed by atoms with E-state index >= 15 is 0 Å². The minimum absolute atomic E-state index is 0.0410. The number of ether oxygens (including phenoxy) is 1. The molecule has 0 aromatic heterocycles. The van der Waals surface area contributed by atoms with Gasteiger partial charge < -0.3 is 4.74 Å². The van der Waals surface area contributed by atoms with Crippen LogP contribution in [0.4, 0.5) is 0 Å². The number of Topliss-reactive ketones (excluding diaryl/α,β-unsaturated/α-hetero) is 2. The number of rotatable bonds is 5. The Morgan fingerprint density at radius 2 is 1.70 bits per heavy atom. The molecule has 0 radical (unpaired) electrons. The standard InChI is InChI=1S/C19H17ClO3/c1-11-8-9-15(10-17(11)13(3)22)23-14(4)19-16(12(2)21)6-5-7-18(19)20/h5-10H,4H2,1-3H3. The molecule has 0 saturated carbocycles. The molecule has 2 aromatic carbocycles. The van der Waals surface area contributed by atoms with Gasteiger partial charge in [0.15, 0.2) is 11.6 Å². The van der Waals surface area contributed by atoms with E-state index in [2.05, 4.69) is 6.58 Å². The lowest BCUT2D eigenvalue weighted by Gasteiger charge is -2.14. The van der Waals surface area contributed by atoms with Crippen molar-refractivity contribution in [1.82, 2.24) is 0 Å². The van der Waals surface area contributed by atoms with Crippen molar-refractivity contribution >= 4 is 28.9 Å².